The maximum atomic E-state index is 12.9. The number of hydrogen-bond acceptors (Lipinski definition) is 5. The van der Waals surface area contributed by atoms with Crippen LogP contribution < -0.4 is 15.4 Å². The number of rotatable bonds is 10. The topological polar surface area (TPSA) is 70.7 Å². The van der Waals surface area contributed by atoms with Crippen LogP contribution in [0.5, 0.6) is 5.75 Å². The number of benzene rings is 2. The monoisotopic (exact) mass is 459 g/mol. The average molecular weight is 460 g/mol. The van der Waals surface area contributed by atoms with Gasteiger partial charge >= 0.3 is 0 Å². The third-order valence-corrected chi connectivity index (χ3v) is 6.35. The van der Waals surface area contributed by atoms with E-state index in [1.54, 1.807) is 7.11 Å². The molecule has 0 spiro atoms. The first-order chi connectivity index (χ1) is 15.6. The zero-order chi connectivity index (χ0) is 22.8. The normalized spacial score (nSPS) is 15.1. The van der Waals surface area contributed by atoms with Crippen molar-refractivity contribution in [2.45, 2.75) is 25.3 Å². The molecule has 1 unspecified atom stereocenters. The van der Waals surface area contributed by atoms with Crippen molar-refractivity contribution in [1.29, 1.82) is 0 Å². The lowest BCUT2D eigenvalue weighted by Gasteiger charge is -2.35. The Bertz CT molecular complexity index is 888. The second-order valence-electron chi connectivity index (χ2n) is 7.71. The lowest BCUT2D eigenvalue weighted by atomic mass is 10.0. The summed E-state index contributed by atoms with van der Waals surface area (Å²) in [6.07, 6.45) is 3.54. The van der Waals surface area contributed by atoms with Crippen molar-refractivity contribution in [3.8, 4) is 5.75 Å². The van der Waals surface area contributed by atoms with Crippen molar-refractivity contribution in [3.63, 3.8) is 0 Å². The summed E-state index contributed by atoms with van der Waals surface area (Å²) in [5.74, 6) is 0.466. The number of ether oxygens (including phenoxy) is 1. The summed E-state index contributed by atoms with van der Waals surface area (Å²) in [5.41, 5.74) is 1.60. The zero-order valence-corrected chi connectivity index (χ0v) is 19.1. The number of hydrogen-bond donors (Lipinski definition) is 2. The largest absolute Gasteiger partial charge is 0.496 e. The molecule has 2 aromatic carbocycles. The first kappa shape index (κ1) is 24.1. The molecule has 32 heavy (non-hydrogen) atoms. The Morgan fingerprint density at radius 1 is 1.03 bits per heavy atom. The number of carbonyl (C=O) groups excluding carboxylic acids is 2. The Balaban J connectivity index is 1.49. The molecule has 2 amide bonds. The van der Waals surface area contributed by atoms with E-state index in [-0.39, 0.29) is 35.2 Å². The Labute approximate surface area is 192 Å². The maximum Gasteiger partial charge on any atom is 0.234 e. The van der Waals surface area contributed by atoms with E-state index in [2.05, 4.69) is 21.6 Å². The Morgan fingerprint density at radius 2 is 1.72 bits per heavy atom. The lowest BCUT2D eigenvalue weighted by Crippen LogP contribution is -2.41. The maximum absolute atomic E-state index is 12.9. The number of methoxy groups -OCH3 is 1. The number of anilines is 1. The molecule has 0 aromatic heterocycles. The minimum atomic E-state index is -0.356. The highest BCUT2D eigenvalue weighted by Gasteiger charge is 2.25. The highest BCUT2D eigenvalue weighted by Crippen LogP contribution is 2.30. The molecule has 1 saturated heterocycles. The van der Waals surface area contributed by atoms with Gasteiger partial charge in [0.25, 0.3) is 0 Å². The van der Waals surface area contributed by atoms with Crippen LogP contribution in [0.15, 0.2) is 48.5 Å². The predicted octanol–water partition coefficient (Wildman–Crippen LogP) is 3.85. The Hall–Kier alpha value is -2.58. The molecule has 172 valence electrons. The van der Waals surface area contributed by atoms with E-state index >= 15 is 0 Å². The number of halogens is 1. The molecule has 3 rings (SSSR count). The van der Waals surface area contributed by atoms with Crippen molar-refractivity contribution < 1.29 is 18.7 Å². The number of nitrogens with zero attached hydrogens (tertiary/aromatic N) is 1. The van der Waals surface area contributed by atoms with Crippen LogP contribution in [-0.2, 0) is 9.59 Å². The van der Waals surface area contributed by atoms with Crippen LogP contribution in [0.3, 0.4) is 0 Å². The van der Waals surface area contributed by atoms with Gasteiger partial charge in [-0.2, -0.15) is 0 Å². The minimum Gasteiger partial charge on any atom is -0.496 e. The van der Waals surface area contributed by atoms with Gasteiger partial charge in [0.2, 0.25) is 11.8 Å². The van der Waals surface area contributed by atoms with Gasteiger partial charge in [-0.15, -0.1) is 11.8 Å². The van der Waals surface area contributed by atoms with Crippen LogP contribution >= 0.6 is 11.8 Å². The van der Waals surface area contributed by atoms with Crippen molar-refractivity contribution >= 4 is 29.3 Å². The highest BCUT2D eigenvalue weighted by molar-refractivity contribution is 8.00. The van der Waals surface area contributed by atoms with E-state index in [0.29, 0.717) is 12.2 Å². The smallest absolute Gasteiger partial charge is 0.234 e. The molecule has 6 nitrogen and oxygen atoms in total. The molecule has 0 aliphatic carbocycles. The highest BCUT2D eigenvalue weighted by atomic mass is 32.2. The summed E-state index contributed by atoms with van der Waals surface area (Å²) in [4.78, 5) is 26.9. The summed E-state index contributed by atoms with van der Waals surface area (Å²) in [7, 11) is 1.66. The fraction of sp³-hybridized carbons (Fsp3) is 0.417. The van der Waals surface area contributed by atoms with Crippen LogP contribution in [0.1, 0.15) is 30.9 Å². The fourth-order valence-electron chi connectivity index (χ4n) is 3.84. The van der Waals surface area contributed by atoms with E-state index < -0.39 is 0 Å². The molecule has 0 radical (unpaired) electrons. The molecule has 8 heteroatoms. The first-order valence-electron chi connectivity index (χ1n) is 10.8. The van der Waals surface area contributed by atoms with Crippen LogP contribution in [0.4, 0.5) is 10.1 Å². The number of amides is 2. The van der Waals surface area contributed by atoms with Crippen LogP contribution in [0.2, 0.25) is 0 Å². The number of carbonyl (C=O) groups is 2. The molecule has 2 aromatic rings. The molecule has 2 N–H and O–H groups in total. The predicted molar refractivity (Wildman–Crippen MR) is 127 cm³/mol. The fourth-order valence-corrected chi connectivity index (χ4v) is 4.48. The second-order valence-corrected chi connectivity index (χ2v) is 8.69. The molecule has 1 aliphatic rings. The third kappa shape index (κ3) is 7.24. The number of thioether (sulfide) groups is 1. The van der Waals surface area contributed by atoms with Gasteiger partial charge in [0, 0.05) is 17.8 Å². The van der Waals surface area contributed by atoms with E-state index in [0.717, 1.165) is 37.2 Å². The quantitative estimate of drug-likeness (QED) is 0.565. The van der Waals surface area contributed by atoms with E-state index in [1.807, 2.05) is 18.2 Å². The average Bonchev–Trinajstić information content (AvgIpc) is 2.81. The van der Waals surface area contributed by atoms with Gasteiger partial charge in [0.15, 0.2) is 0 Å². The van der Waals surface area contributed by atoms with Gasteiger partial charge in [0.05, 0.1) is 24.7 Å². The van der Waals surface area contributed by atoms with E-state index in [1.165, 1.54) is 42.4 Å². The molecule has 1 atom stereocenters. The number of piperidine rings is 1. The molecule has 0 bridgehead atoms. The SMILES string of the molecule is COc1ccccc1C(CNC(=O)CSCC(=O)Nc1ccc(F)cc1)N1CCCCC1. The van der Waals surface area contributed by atoms with Crippen molar-refractivity contribution in [2.75, 3.05) is 43.6 Å². The standard InChI is InChI=1S/C24H30FN3O3S/c1-31-22-8-4-3-7-20(22)21(28-13-5-2-6-14-28)15-26-23(29)16-32-17-24(30)27-19-11-9-18(25)10-12-19/h3-4,7-12,21H,2,5-6,13-17H2,1H3,(H,26,29)(H,27,30). The van der Waals surface area contributed by atoms with Gasteiger partial charge in [0.1, 0.15) is 11.6 Å². The molecular weight excluding hydrogens is 429 g/mol. The molecular formula is C24H30FN3O3S. The van der Waals surface area contributed by atoms with Crippen molar-refractivity contribution in [1.82, 2.24) is 10.2 Å². The van der Waals surface area contributed by atoms with Crippen molar-refractivity contribution in [2.24, 2.45) is 0 Å². The van der Waals surface area contributed by atoms with Gasteiger partial charge in [-0.3, -0.25) is 14.5 Å². The van der Waals surface area contributed by atoms with Gasteiger partial charge in [-0.25, -0.2) is 4.39 Å². The summed E-state index contributed by atoms with van der Waals surface area (Å²) in [6.45, 7) is 2.48. The number of nitrogens with one attached hydrogen (secondary N) is 2. The number of para-hydroxylation sites is 1. The van der Waals surface area contributed by atoms with Crippen LogP contribution in [-0.4, -0.2) is 55.0 Å². The van der Waals surface area contributed by atoms with Crippen molar-refractivity contribution in [3.05, 3.63) is 59.9 Å². The first-order valence-corrected chi connectivity index (χ1v) is 12.0. The summed E-state index contributed by atoms with van der Waals surface area (Å²) in [6, 6.07) is 13.6. The molecule has 1 aliphatic heterocycles. The van der Waals surface area contributed by atoms with Gasteiger partial charge in [-0.05, 0) is 56.3 Å². The molecule has 0 saturated carbocycles. The summed E-state index contributed by atoms with van der Waals surface area (Å²) >= 11 is 1.25. The Morgan fingerprint density at radius 3 is 2.44 bits per heavy atom. The zero-order valence-electron chi connectivity index (χ0n) is 18.3. The van der Waals surface area contributed by atoms with Gasteiger partial charge in [-0.1, -0.05) is 24.6 Å². The summed E-state index contributed by atoms with van der Waals surface area (Å²) < 4.78 is 18.5. The minimum absolute atomic E-state index is 0.0437. The van der Waals surface area contributed by atoms with E-state index in [9.17, 15) is 14.0 Å². The molecule has 1 fully saturated rings. The van der Waals surface area contributed by atoms with E-state index in [4.69, 9.17) is 4.74 Å². The number of likely N-dealkylation sites (tertiary alicyclic amines) is 1. The van der Waals surface area contributed by atoms with Crippen LogP contribution in [0, 0.1) is 5.82 Å². The lowest BCUT2D eigenvalue weighted by molar-refractivity contribution is -0.118. The third-order valence-electron chi connectivity index (χ3n) is 5.42. The van der Waals surface area contributed by atoms with Gasteiger partial charge < -0.3 is 15.4 Å². The van der Waals surface area contributed by atoms with Crippen LogP contribution in [0.25, 0.3) is 0 Å². The summed E-state index contributed by atoms with van der Waals surface area (Å²) in [5, 5.41) is 5.72. The Kier molecular flexibility index (Phi) is 9.37. The molecule has 1 heterocycles. The second kappa shape index (κ2) is 12.5.